The van der Waals surface area contributed by atoms with Crippen LogP contribution in [-0.2, 0) is 19.2 Å². The molecular weight excluding hydrogens is 627 g/mol. The largest absolute Gasteiger partial charge is 0.488 e. The summed E-state index contributed by atoms with van der Waals surface area (Å²) in [6.07, 6.45) is -0.142. The van der Waals surface area contributed by atoms with Gasteiger partial charge in [-0.15, -0.1) is 0 Å². The highest BCUT2D eigenvalue weighted by atomic mass is 35.5. The maximum absolute atomic E-state index is 13.7. The van der Waals surface area contributed by atoms with Crippen LogP contribution in [-0.4, -0.2) is 75.2 Å². The van der Waals surface area contributed by atoms with Crippen LogP contribution >= 0.6 is 23.2 Å². The highest BCUT2D eigenvalue weighted by Gasteiger charge is 2.44. The molecule has 0 radical (unpaired) electrons. The third-order valence-corrected chi connectivity index (χ3v) is 7.75. The minimum atomic E-state index is -1.59. The SMILES string of the molecule is CC(=O)N[C@H](C(=O)N1C[C@H](Oc2ccccc2)C[C@H]1C(=O)N[C@@H](CC(=O)O)C(=O)c1ncc(-c2c(Cl)cccc2Cl)o1)C(C)C. The Morgan fingerprint density at radius 1 is 1.04 bits per heavy atom. The van der Waals surface area contributed by atoms with Crippen LogP contribution in [0.25, 0.3) is 11.3 Å². The molecule has 3 amide bonds. The van der Waals surface area contributed by atoms with Gasteiger partial charge in [-0.1, -0.05) is 61.3 Å². The van der Waals surface area contributed by atoms with Gasteiger partial charge in [0.25, 0.3) is 5.89 Å². The van der Waals surface area contributed by atoms with Gasteiger partial charge in [-0.25, -0.2) is 4.98 Å². The lowest BCUT2D eigenvalue weighted by Gasteiger charge is -2.30. The summed E-state index contributed by atoms with van der Waals surface area (Å²) in [5.74, 6) is -4.20. The number of hydrogen-bond acceptors (Lipinski definition) is 8. The maximum Gasteiger partial charge on any atom is 0.305 e. The second-order valence-electron chi connectivity index (χ2n) is 10.9. The number of oxazole rings is 1. The number of amides is 3. The Hall–Kier alpha value is -4.42. The summed E-state index contributed by atoms with van der Waals surface area (Å²) >= 11 is 12.5. The first-order chi connectivity index (χ1) is 21.3. The van der Waals surface area contributed by atoms with Crippen molar-refractivity contribution in [3.63, 3.8) is 0 Å². The van der Waals surface area contributed by atoms with Crippen molar-refractivity contribution in [3.8, 4) is 17.1 Å². The van der Waals surface area contributed by atoms with E-state index >= 15 is 0 Å². The van der Waals surface area contributed by atoms with Gasteiger partial charge in [0.1, 0.15) is 30.0 Å². The molecule has 0 bridgehead atoms. The number of ketones is 1. The second-order valence-corrected chi connectivity index (χ2v) is 11.7. The molecule has 12 nitrogen and oxygen atoms in total. The molecule has 1 saturated heterocycles. The lowest BCUT2D eigenvalue weighted by atomic mass is 10.0. The number of aliphatic carboxylic acids is 1. The predicted molar refractivity (Wildman–Crippen MR) is 164 cm³/mol. The molecule has 0 unspecified atom stereocenters. The van der Waals surface area contributed by atoms with Crippen molar-refractivity contribution in [1.29, 1.82) is 0 Å². The van der Waals surface area contributed by atoms with Gasteiger partial charge in [-0.2, -0.15) is 0 Å². The van der Waals surface area contributed by atoms with E-state index in [1.54, 1.807) is 56.3 Å². The molecule has 45 heavy (non-hydrogen) atoms. The Bertz CT molecular complexity index is 1560. The highest BCUT2D eigenvalue weighted by molar-refractivity contribution is 6.39. The summed E-state index contributed by atoms with van der Waals surface area (Å²) < 4.78 is 11.6. The lowest BCUT2D eigenvalue weighted by molar-refractivity contribution is -0.142. The van der Waals surface area contributed by atoms with Crippen molar-refractivity contribution in [1.82, 2.24) is 20.5 Å². The number of carbonyl (C=O) groups is 5. The zero-order chi connectivity index (χ0) is 32.8. The molecule has 1 aromatic heterocycles. The summed E-state index contributed by atoms with van der Waals surface area (Å²) in [5.41, 5.74) is 0.287. The molecule has 238 valence electrons. The van der Waals surface area contributed by atoms with Crippen LogP contribution in [0.15, 0.2) is 59.1 Å². The molecule has 0 spiro atoms. The Balaban J connectivity index is 1.60. The van der Waals surface area contributed by atoms with Crippen LogP contribution in [0.5, 0.6) is 5.75 Å². The quantitative estimate of drug-likeness (QED) is 0.244. The van der Waals surface area contributed by atoms with Crippen LogP contribution in [0.3, 0.4) is 0 Å². The van der Waals surface area contributed by atoms with E-state index in [0.717, 1.165) is 0 Å². The molecule has 0 aliphatic carbocycles. The summed E-state index contributed by atoms with van der Waals surface area (Å²) in [6, 6.07) is 9.92. The number of aromatic nitrogens is 1. The standard InChI is InChI=1S/C31H32Cl2N4O8/c1-16(2)27(35-17(3)38)31(43)37-15-19(44-18-8-5-4-6-9-18)12-23(37)29(42)36-22(13-25(39)40)28(41)30-34-14-24(45-30)26-20(32)10-7-11-21(26)33/h4-11,14,16,19,22-23,27H,12-13,15H2,1-3H3,(H,35,38)(H,36,42)(H,39,40)/t19-,22+,23+,27+/m1/s1. The smallest absolute Gasteiger partial charge is 0.305 e. The molecule has 3 N–H and O–H groups in total. The van der Waals surface area contributed by atoms with E-state index in [9.17, 15) is 29.1 Å². The van der Waals surface area contributed by atoms with Crippen molar-refractivity contribution in [3.05, 3.63) is 70.7 Å². The summed E-state index contributed by atoms with van der Waals surface area (Å²) in [6.45, 7) is 4.80. The number of nitrogens with zero attached hydrogens (tertiary/aromatic N) is 2. The van der Waals surface area contributed by atoms with E-state index in [1.807, 2.05) is 6.07 Å². The van der Waals surface area contributed by atoms with Crippen molar-refractivity contribution in [2.24, 2.45) is 5.92 Å². The molecule has 1 aliphatic heterocycles. The van der Waals surface area contributed by atoms with Crippen molar-refractivity contribution >= 4 is 52.7 Å². The summed E-state index contributed by atoms with van der Waals surface area (Å²) in [4.78, 5) is 69.8. The number of hydrogen-bond donors (Lipinski definition) is 3. The van der Waals surface area contributed by atoms with Gasteiger partial charge in [0, 0.05) is 13.3 Å². The molecule has 1 fully saturated rings. The number of ether oxygens (including phenoxy) is 1. The molecule has 14 heteroatoms. The molecular formula is C31H32Cl2N4O8. The number of halogens is 2. The number of nitrogens with one attached hydrogen (secondary N) is 2. The fraction of sp³-hybridized carbons (Fsp3) is 0.355. The number of Topliss-reactive ketones (excluding diaryl/α,β-unsaturated/α-hetero) is 1. The maximum atomic E-state index is 13.7. The van der Waals surface area contributed by atoms with Crippen LogP contribution in [0.1, 0.15) is 44.3 Å². The van der Waals surface area contributed by atoms with E-state index in [-0.39, 0.29) is 40.3 Å². The number of carboxylic acid groups (broad SMARTS) is 1. The third-order valence-electron chi connectivity index (χ3n) is 7.12. The fourth-order valence-corrected chi connectivity index (χ4v) is 5.60. The predicted octanol–water partition coefficient (Wildman–Crippen LogP) is 4.00. The van der Waals surface area contributed by atoms with Crippen LogP contribution in [0.2, 0.25) is 10.0 Å². The molecule has 2 heterocycles. The fourth-order valence-electron chi connectivity index (χ4n) is 5.02. The number of carbonyl (C=O) groups excluding carboxylic acids is 4. The number of rotatable bonds is 12. The lowest BCUT2D eigenvalue weighted by Crippen LogP contribution is -2.56. The third kappa shape index (κ3) is 8.20. The first kappa shape index (κ1) is 33.5. The van der Waals surface area contributed by atoms with E-state index in [2.05, 4.69) is 15.6 Å². The van der Waals surface area contributed by atoms with Crippen molar-refractivity contribution in [2.75, 3.05) is 6.54 Å². The average molecular weight is 660 g/mol. The van der Waals surface area contributed by atoms with Gasteiger partial charge >= 0.3 is 5.97 Å². The molecule has 2 aromatic carbocycles. The first-order valence-corrected chi connectivity index (χ1v) is 14.9. The average Bonchev–Trinajstić information content (AvgIpc) is 3.63. The Morgan fingerprint density at radius 2 is 1.71 bits per heavy atom. The number of carboxylic acids is 1. The van der Waals surface area contributed by atoms with E-state index in [1.165, 1.54) is 18.0 Å². The zero-order valence-electron chi connectivity index (χ0n) is 24.7. The Kier molecular flexibility index (Phi) is 10.8. The van der Waals surface area contributed by atoms with Gasteiger partial charge in [-0.05, 0) is 30.2 Å². The van der Waals surface area contributed by atoms with E-state index < -0.39 is 66.0 Å². The van der Waals surface area contributed by atoms with Crippen LogP contribution in [0, 0.1) is 5.92 Å². The number of para-hydroxylation sites is 1. The number of benzene rings is 2. The van der Waals surface area contributed by atoms with Crippen LogP contribution < -0.4 is 15.4 Å². The number of likely N-dealkylation sites (tertiary alicyclic amines) is 1. The monoisotopic (exact) mass is 658 g/mol. The summed E-state index contributed by atoms with van der Waals surface area (Å²) in [7, 11) is 0. The van der Waals surface area contributed by atoms with Gasteiger partial charge in [0.05, 0.1) is 34.8 Å². The van der Waals surface area contributed by atoms with Gasteiger partial charge in [0.15, 0.2) is 5.76 Å². The zero-order valence-corrected chi connectivity index (χ0v) is 26.2. The molecule has 4 rings (SSSR count). The Labute approximate surface area is 269 Å². The van der Waals surface area contributed by atoms with Gasteiger partial charge < -0.3 is 29.8 Å². The Morgan fingerprint density at radius 3 is 2.31 bits per heavy atom. The van der Waals surface area contributed by atoms with Crippen LogP contribution in [0.4, 0.5) is 0 Å². The first-order valence-electron chi connectivity index (χ1n) is 14.1. The minimum absolute atomic E-state index is 0.00779. The normalized spacial score (nSPS) is 17.4. The van der Waals surface area contributed by atoms with Gasteiger partial charge in [0.2, 0.25) is 23.5 Å². The molecule has 3 aromatic rings. The van der Waals surface area contributed by atoms with E-state index in [0.29, 0.717) is 5.75 Å². The molecule has 4 atom stereocenters. The van der Waals surface area contributed by atoms with Crippen molar-refractivity contribution in [2.45, 2.75) is 57.8 Å². The minimum Gasteiger partial charge on any atom is -0.488 e. The van der Waals surface area contributed by atoms with Crippen molar-refractivity contribution < 1.29 is 38.2 Å². The summed E-state index contributed by atoms with van der Waals surface area (Å²) in [5, 5.41) is 15.2. The molecule has 0 saturated carbocycles. The van der Waals surface area contributed by atoms with E-state index in [4.69, 9.17) is 32.4 Å². The highest BCUT2D eigenvalue weighted by Crippen LogP contribution is 2.35. The second kappa shape index (κ2) is 14.6. The van der Waals surface area contributed by atoms with Gasteiger partial charge in [-0.3, -0.25) is 24.0 Å². The molecule has 1 aliphatic rings. The topological polar surface area (TPSA) is 168 Å².